The molecule has 0 N–H and O–H groups in total. The highest BCUT2D eigenvalue weighted by atomic mass is 15.5. The van der Waals surface area contributed by atoms with Gasteiger partial charge in [-0.1, -0.05) is 32.4 Å². The van der Waals surface area contributed by atoms with Crippen molar-refractivity contribution in [1.82, 2.24) is 5.43 Å². The summed E-state index contributed by atoms with van der Waals surface area (Å²) in [5.74, 6) is 0.544. The average molecular weight is 188 g/mol. The van der Waals surface area contributed by atoms with Gasteiger partial charge < -0.3 is 0 Å². The first kappa shape index (κ1) is 9.19. The predicted molar refractivity (Wildman–Crippen MR) is 56.1 cm³/mol. The molecule has 0 saturated carbocycles. The van der Waals surface area contributed by atoms with Gasteiger partial charge in [-0.2, -0.15) is 0 Å². The molecule has 1 aromatic rings. The van der Waals surface area contributed by atoms with E-state index in [1.54, 1.807) is 0 Å². The van der Waals surface area contributed by atoms with Crippen molar-refractivity contribution in [2.45, 2.75) is 32.6 Å². The van der Waals surface area contributed by atoms with E-state index in [4.69, 9.17) is 0 Å². The summed E-state index contributed by atoms with van der Waals surface area (Å²) in [5.41, 5.74) is 7.11. The molecule has 1 aliphatic heterocycles. The molecule has 0 aliphatic carbocycles. The Labute approximate surface area is 84.2 Å². The largest absolute Gasteiger partial charge is 0.128 e. The number of benzene rings is 1. The van der Waals surface area contributed by atoms with E-state index in [0.717, 1.165) is 11.4 Å². The van der Waals surface area contributed by atoms with Crippen LogP contribution in [0.1, 0.15) is 38.2 Å². The van der Waals surface area contributed by atoms with Gasteiger partial charge in [-0.15, -0.1) is 10.5 Å². The number of rotatable bonds is 3. The second kappa shape index (κ2) is 3.78. The molecule has 0 fully saturated rings. The lowest BCUT2D eigenvalue weighted by atomic mass is 9.94. The molecule has 0 bridgehead atoms. The zero-order valence-electron chi connectivity index (χ0n) is 8.57. The van der Waals surface area contributed by atoms with Crippen molar-refractivity contribution < 1.29 is 0 Å². The van der Waals surface area contributed by atoms with Crippen LogP contribution >= 0.6 is 0 Å². The van der Waals surface area contributed by atoms with E-state index in [2.05, 4.69) is 35.7 Å². The van der Waals surface area contributed by atoms with Crippen LogP contribution in [0, 0.1) is 0 Å². The van der Waals surface area contributed by atoms with Gasteiger partial charge in [-0.3, -0.25) is 0 Å². The molecule has 1 radical (unpaired) electrons. The first-order valence-corrected chi connectivity index (χ1v) is 5.07. The highest BCUT2D eigenvalue weighted by Gasteiger charge is 2.17. The molecule has 73 valence electrons. The summed E-state index contributed by atoms with van der Waals surface area (Å²) in [4.78, 5) is 0. The lowest BCUT2D eigenvalue weighted by Crippen LogP contribution is -1.93. The summed E-state index contributed by atoms with van der Waals surface area (Å²) in [7, 11) is 0. The molecular formula is C11H14N3. The molecule has 1 atom stereocenters. The third-order valence-corrected chi connectivity index (χ3v) is 2.60. The van der Waals surface area contributed by atoms with Gasteiger partial charge in [0.15, 0.2) is 0 Å². The van der Waals surface area contributed by atoms with Gasteiger partial charge in [-0.25, -0.2) is 0 Å². The third kappa shape index (κ3) is 1.50. The SMILES string of the molecule is CCCC(C)c1cccc2c1N=N[N]2. The van der Waals surface area contributed by atoms with Gasteiger partial charge in [0.25, 0.3) is 0 Å². The highest BCUT2D eigenvalue weighted by Crippen LogP contribution is 2.38. The summed E-state index contributed by atoms with van der Waals surface area (Å²) in [6, 6.07) is 6.11. The van der Waals surface area contributed by atoms with Crippen LogP contribution in [-0.4, -0.2) is 0 Å². The van der Waals surface area contributed by atoms with Crippen LogP contribution in [0.25, 0.3) is 0 Å². The van der Waals surface area contributed by atoms with Crippen LogP contribution in [-0.2, 0) is 0 Å². The number of hydrogen-bond donors (Lipinski definition) is 0. The fourth-order valence-electron chi connectivity index (χ4n) is 1.84. The molecule has 1 aliphatic rings. The lowest BCUT2D eigenvalue weighted by molar-refractivity contribution is 0.666. The first-order chi connectivity index (χ1) is 6.83. The number of fused-ring (bicyclic) bond motifs is 1. The Morgan fingerprint density at radius 3 is 3.00 bits per heavy atom. The van der Waals surface area contributed by atoms with E-state index in [1.807, 2.05) is 12.1 Å². The van der Waals surface area contributed by atoms with Crippen molar-refractivity contribution in [3.8, 4) is 0 Å². The van der Waals surface area contributed by atoms with Crippen molar-refractivity contribution in [3.05, 3.63) is 23.8 Å². The van der Waals surface area contributed by atoms with E-state index >= 15 is 0 Å². The molecular weight excluding hydrogens is 174 g/mol. The third-order valence-electron chi connectivity index (χ3n) is 2.60. The van der Waals surface area contributed by atoms with Crippen LogP contribution in [0.3, 0.4) is 0 Å². The quantitative estimate of drug-likeness (QED) is 0.691. The fraction of sp³-hybridized carbons (Fsp3) is 0.455. The predicted octanol–water partition coefficient (Wildman–Crippen LogP) is 3.84. The van der Waals surface area contributed by atoms with E-state index in [-0.39, 0.29) is 0 Å². The van der Waals surface area contributed by atoms with Crippen LogP contribution < -0.4 is 5.43 Å². The maximum Gasteiger partial charge on any atom is 0.119 e. The second-order valence-electron chi connectivity index (χ2n) is 3.69. The molecule has 1 unspecified atom stereocenters. The van der Waals surface area contributed by atoms with Crippen LogP contribution in [0.5, 0.6) is 0 Å². The van der Waals surface area contributed by atoms with E-state index in [1.165, 1.54) is 18.4 Å². The van der Waals surface area contributed by atoms with Crippen molar-refractivity contribution in [3.63, 3.8) is 0 Å². The molecule has 0 aromatic heterocycles. The average Bonchev–Trinajstić information content (AvgIpc) is 2.65. The Kier molecular flexibility index (Phi) is 2.48. The van der Waals surface area contributed by atoms with Crippen LogP contribution in [0.4, 0.5) is 11.4 Å². The summed E-state index contributed by atoms with van der Waals surface area (Å²) in [6.07, 6.45) is 2.38. The minimum atomic E-state index is 0.544. The first-order valence-electron chi connectivity index (χ1n) is 5.07. The van der Waals surface area contributed by atoms with Gasteiger partial charge in [0.1, 0.15) is 11.4 Å². The summed E-state index contributed by atoms with van der Waals surface area (Å²) < 4.78 is 0. The number of nitrogens with zero attached hydrogens (tertiary/aromatic N) is 3. The zero-order chi connectivity index (χ0) is 9.97. The standard InChI is InChI=1S/C11H14N3/c1-3-5-8(2)9-6-4-7-10-11(9)13-14-12-10/h4,6-8H,3,5H2,1-2H3. The van der Waals surface area contributed by atoms with Gasteiger partial charge in [0, 0.05) is 0 Å². The number of hydrogen-bond acceptors (Lipinski definition) is 2. The van der Waals surface area contributed by atoms with Crippen LogP contribution in [0.2, 0.25) is 0 Å². The minimum Gasteiger partial charge on any atom is -0.128 e. The highest BCUT2D eigenvalue weighted by molar-refractivity contribution is 5.67. The molecule has 3 heteroatoms. The molecule has 2 rings (SSSR count). The molecule has 0 amide bonds. The Balaban J connectivity index is 2.34. The minimum absolute atomic E-state index is 0.544. The summed E-state index contributed by atoms with van der Waals surface area (Å²) in [5, 5.41) is 7.77. The zero-order valence-corrected chi connectivity index (χ0v) is 8.57. The van der Waals surface area contributed by atoms with Gasteiger partial charge >= 0.3 is 0 Å². The maximum absolute atomic E-state index is 4.06. The lowest BCUT2D eigenvalue weighted by Gasteiger charge is -2.11. The molecule has 3 nitrogen and oxygen atoms in total. The monoisotopic (exact) mass is 188 g/mol. The molecule has 0 spiro atoms. The Morgan fingerprint density at radius 1 is 1.36 bits per heavy atom. The molecule has 1 heterocycles. The van der Waals surface area contributed by atoms with Crippen molar-refractivity contribution in [1.29, 1.82) is 0 Å². The van der Waals surface area contributed by atoms with Crippen molar-refractivity contribution in [2.75, 3.05) is 0 Å². The van der Waals surface area contributed by atoms with E-state index < -0.39 is 0 Å². The van der Waals surface area contributed by atoms with E-state index in [0.29, 0.717) is 5.92 Å². The second-order valence-corrected chi connectivity index (χ2v) is 3.69. The van der Waals surface area contributed by atoms with Crippen LogP contribution in [0.15, 0.2) is 28.5 Å². The summed E-state index contributed by atoms with van der Waals surface area (Å²) in [6.45, 7) is 4.43. The normalized spacial score (nSPS) is 15.0. The van der Waals surface area contributed by atoms with Gasteiger partial charge in [-0.05, 0) is 29.2 Å². The Morgan fingerprint density at radius 2 is 2.21 bits per heavy atom. The Bertz CT molecular complexity index is 358. The Hall–Kier alpha value is -1.38. The van der Waals surface area contributed by atoms with Crippen molar-refractivity contribution >= 4 is 11.4 Å². The summed E-state index contributed by atoms with van der Waals surface area (Å²) >= 11 is 0. The molecule has 0 saturated heterocycles. The van der Waals surface area contributed by atoms with Crippen molar-refractivity contribution in [2.24, 2.45) is 10.3 Å². The fourth-order valence-corrected chi connectivity index (χ4v) is 1.84. The maximum atomic E-state index is 4.06. The van der Waals surface area contributed by atoms with Gasteiger partial charge in [0.05, 0.1) is 0 Å². The van der Waals surface area contributed by atoms with Gasteiger partial charge in [0.2, 0.25) is 0 Å². The topological polar surface area (TPSA) is 38.8 Å². The molecule has 14 heavy (non-hydrogen) atoms. The smallest absolute Gasteiger partial charge is 0.119 e. The van der Waals surface area contributed by atoms with E-state index in [9.17, 15) is 0 Å². The molecule has 1 aromatic carbocycles.